The number of fused-ring (bicyclic) bond motifs is 1. The Kier molecular flexibility index (Phi) is 3.94. The maximum absolute atomic E-state index is 12.0. The van der Waals surface area contributed by atoms with Gasteiger partial charge in [-0.15, -0.1) is 0 Å². The number of para-hydroxylation sites is 1. The number of nitrogens with one attached hydrogen (secondary N) is 1. The van der Waals surface area contributed by atoms with Crippen molar-refractivity contribution >= 4 is 17.0 Å². The van der Waals surface area contributed by atoms with Gasteiger partial charge in [0.05, 0.1) is 5.56 Å². The smallest absolute Gasteiger partial charge is 0.253 e. The average molecular weight is 248 g/mol. The molecule has 0 saturated carbocycles. The molecule has 96 valence electrons. The number of hydrogen-bond acceptors (Lipinski definition) is 4. The summed E-state index contributed by atoms with van der Waals surface area (Å²) in [4.78, 5) is 16.2. The zero-order valence-corrected chi connectivity index (χ0v) is 10.5. The van der Waals surface area contributed by atoms with Crippen LogP contribution in [0.5, 0.6) is 0 Å². The van der Waals surface area contributed by atoms with Crippen molar-refractivity contribution in [1.82, 2.24) is 10.3 Å². The zero-order chi connectivity index (χ0) is 13.0. The molecule has 0 aliphatic rings. The third kappa shape index (κ3) is 2.68. The van der Waals surface area contributed by atoms with E-state index in [1.807, 2.05) is 0 Å². The highest BCUT2D eigenvalue weighted by Crippen LogP contribution is 2.19. The van der Waals surface area contributed by atoms with E-state index in [1.54, 1.807) is 32.2 Å². The summed E-state index contributed by atoms with van der Waals surface area (Å²) >= 11 is 0. The SMILES string of the molecule is COCCCNC(=O)c1cccc2oc(C)nc12. The third-order valence-electron chi connectivity index (χ3n) is 2.58. The standard InChI is InChI=1S/C13H16N2O3/c1-9-15-12-10(5-3-6-11(12)18-9)13(16)14-7-4-8-17-2/h3,5-6H,4,7-8H2,1-2H3,(H,14,16). The van der Waals surface area contributed by atoms with E-state index >= 15 is 0 Å². The highest BCUT2D eigenvalue weighted by atomic mass is 16.5. The van der Waals surface area contributed by atoms with Gasteiger partial charge in [-0.25, -0.2) is 4.98 Å². The number of ether oxygens (including phenoxy) is 1. The average Bonchev–Trinajstić information content (AvgIpc) is 2.74. The van der Waals surface area contributed by atoms with Gasteiger partial charge in [-0.3, -0.25) is 4.79 Å². The molecule has 0 radical (unpaired) electrons. The highest BCUT2D eigenvalue weighted by molar-refractivity contribution is 6.04. The topological polar surface area (TPSA) is 64.4 Å². The lowest BCUT2D eigenvalue weighted by atomic mass is 10.2. The number of aromatic nitrogens is 1. The molecule has 0 aliphatic heterocycles. The molecule has 0 spiro atoms. The molecule has 0 saturated heterocycles. The lowest BCUT2D eigenvalue weighted by molar-refractivity contribution is 0.0950. The summed E-state index contributed by atoms with van der Waals surface area (Å²) in [6, 6.07) is 5.34. The van der Waals surface area contributed by atoms with Crippen molar-refractivity contribution in [2.24, 2.45) is 0 Å². The van der Waals surface area contributed by atoms with Crippen molar-refractivity contribution in [1.29, 1.82) is 0 Å². The minimum atomic E-state index is -0.134. The van der Waals surface area contributed by atoms with Gasteiger partial charge in [0.15, 0.2) is 11.5 Å². The van der Waals surface area contributed by atoms with Crippen LogP contribution in [0, 0.1) is 6.92 Å². The molecule has 1 N–H and O–H groups in total. The van der Waals surface area contributed by atoms with E-state index < -0.39 is 0 Å². The van der Waals surface area contributed by atoms with E-state index in [9.17, 15) is 4.79 Å². The molecule has 0 atom stereocenters. The van der Waals surface area contributed by atoms with Gasteiger partial charge in [-0.1, -0.05) is 6.07 Å². The van der Waals surface area contributed by atoms with Gasteiger partial charge in [0.2, 0.25) is 0 Å². The Labute approximate surface area is 105 Å². The van der Waals surface area contributed by atoms with Crippen molar-refractivity contribution in [3.05, 3.63) is 29.7 Å². The first-order chi connectivity index (χ1) is 8.72. The molecule has 1 aromatic carbocycles. The van der Waals surface area contributed by atoms with Crippen LogP contribution in [-0.2, 0) is 4.74 Å². The first-order valence-electron chi connectivity index (χ1n) is 5.85. The normalized spacial score (nSPS) is 10.8. The molecular formula is C13H16N2O3. The van der Waals surface area contributed by atoms with Crippen LogP contribution in [0.2, 0.25) is 0 Å². The third-order valence-corrected chi connectivity index (χ3v) is 2.58. The fraction of sp³-hybridized carbons (Fsp3) is 0.385. The second-order valence-electron chi connectivity index (χ2n) is 3.99. The molecular weight excluding hydrogens is 232 g/mol. The van der Waals surface area contributed by atoms with Crippen molar-refractivity contribution in [3.63, 3.8) is 0 Å². The molecule has 1 amide bonds. The molecule has 18 heavy (non-hydrogen) atoms. The van der Waals surface area contributed by atoms with Gasteiger partial charge in [0.25, 0.3) is 5.91 Å². The number of carbonyl (C=O) groups is 1. The molecule has 0 aliphatic carbocycles. The van der Waals surface area contributed by atoms with Crippen LogP contribution in [0.4, 0.5) is 0 Å². The van der Waals surface area contributed by atoms with Gasteiger partial charge in [-0.05, 0) is 18.6 Å². The quantitative estimate of drug-likeness (QED) is 0.821. The first-order valence-corrected chi connectivity index (χ1v) is 5.85. The van der Waals surface area contributed by atoms with E-state index in [1.165, 1.54) is 0 Å². The Hall–Kier alpha value is -1.88. The van der Waals surface area contributed by atoms with Gasteiger partial charge >= 0.3 is 0 Å². The van der Waals surface area contributed by atoms with Crippen LogP contribution >= 0.6 is 0 Å². The molecule has 1 aromatic heterocycles. The summed E-state index contributed by atoms with van der Waals surface area (Å²) in [6.45, 7) is 2.98. The van der Waals surface area contributed by atoms with Crippen LogP contribution in [0.1, 0.15) is 22.7 Å². The van der Waals surface area contributed by atoms with Crippen molar-refractivity contribution in [2.45, 2.75) is 13.3 Å². The van der Waals surface area contributed by atoms with E-state index in [2.05, 4.69) is 10.3 Å². The summed E-state index contributed by atoms with van der Waals surface area (Å²) in [5.41, 5.74) is 1.79. The van der Waals surface area contributed by atoms with E-state index in [0.29, 0.717) is 35.7 Å². The predicted octanol–water partition coefficient (Wildman–Crippen LogP) is 1.90. The Morgan fingerprint density at radius 3 is 3.11 bits per heavy atom. The largest absolute Gasteiger partial charge is 0.441 e. The Morgan fingerprint density at radius 1 is 1.50 bits per heavy atom. The lowest BCUT2D eigenvalue weighted by Crippen LogP contribution is -2.25. The summed E-state index contributed by atoms with van der Waals surface area (Å²) in [5, 5.41) is 2.83. The minimum absolute atomic E-state index is 0.134. The number of benzene rings is 1. The molecule has 1 heterocycles. The van der Waals surface area contributed by atoms with Crippen LogP contribution in [-0.4, -0.2) is 31.2 Å². The summed E-state index contributed by atoms with van der Waals surface area (Å²) in [6.07, 6.45) is 0.788. The van der Waals surface area contributed by atoms with Crippen molar-refractivity contribution < 1.29 is 13.9 Å². The van der Waals surface area contributed by atoms with Gasteiger partial charge < -0.3 is 14.5 Å². The maximum Gasteiger partial charge on any atom is 0.253 e. The van der Waals surface area contributed by atoms with Crippen LogP contribution < -0.4 is 5.32 Å². The number of methoxy groups -OCH3 is 1. The minimum Gasteiger partial charge on any atom is -0.441 e. The monoisotopic (exact) mass is 248 g/mol. The summed E-state index contributed by atoms with van der Waals surface area (Å²) in [7, 11) is 1.64. The fourth-order valence-electron chi connectivity index (χ4n) is 1.76. The Balaban J connectivity index is 2.12. The lowest BCUT2D eigenvalue weighted by Gasteiger charge is -2.04. The number of amides is 1. The summed E-state index contributed by atoms with van der Waals surface area (Å²) in [5.74, 6) is 0.426. The number of rotatable bonds is 5. The second-order valence-corrected chi connectivity index (χ2v) is 3.99. The van der Waals surface area contributed by atoms with Crippen LogP contribution in [0.3, 0.4) is 0 Å². The molecule has 2 aromatic rings. The number of hydrogen-bond donors (Lipinski definition) is 1. The van der Waals surface area contributed by atoms with E-state index in [-0.39, 0.29) is 5.91 Å². The molecule has 0 fully saturated rings. The van der Waals surface area contributed by atoms with Crippen LogP contribution in [0.25, 0.3) is 11.1 Å². The maximum atomic E-state index is 12.0. The Bertz CT molecular complexity index is 548. The van der Waals surface area contributed by atoms with Gasteiger partial charge in [-0.2, -0.15) is 0 Å². The number of nitrogens with zero attached hydrogens (tertiary/aromatic N) is 1. The fourth-order valence-corrected chi connectivity index (χ4v) is 1.76. The Morgan fingerprint density at radius 2 is 2.33 bits per heavy atom. The van der Waals surface area contributed by atoms with Gasteiger partial charge in [0.1, 0.15) is 5.52 Å². The van der Waals surface area contributed by atoms with Gasteiger partial charge in [0, 0.05) is 27.2 Å². The molecule has 0 unspecified atom stereocenters. The van der Waals surface area contributed by atoms with Crippen LogP contribution in [0.15, 0.2) is 22.6 Å². The first kappa shape index (κ1) is 12.6. The van der Waals surface area contributed by atoms with E-state index in [0.717, 1.165) is 6.42 Å². The summed E-state index contributed by atoms with van der Waals surface area (Å²) < 4.78 is 10.3. The second kappa shape index (κ2) is 5.64. The van der Waals surface area contributed by atoms with Crippen molar-refractivity contribution in [3.8, 4) is 0 Å². The zero-order valence-electron chi connectivity index (χ0n) is 10.5. The predicted molar refractivity (Wildman–Crippen MR) is 67.6 cm³/mol. The molecule has 0 bridgehead atoms. The van der Waals surface area contributed by atoms with E-state index in [4.69, 9.17) is 9.15 Å². The highest BCUT2D eigenvalue weighted by Gasteiger charge is 2.13. The van der Waals surface area contributed by atoms with Crippen molar-refractivity contribution in [2.75, 3.05) is 20.3 Å². The molecule has 2 rings (SSSR count). The molecule has 5 heteroatoms. The number of aryl methyl sites for hydroxylation is 1. The number of carbonyl (C=O) groups excluding carboxylic acids is 1. The molecule has 5 nitrogen and oxygen atoms in total. The number of oxazole rings is 1.